The lowest BCUT2D eigenvalue weighted by Crippen LogP contribution is -2.48. The van der Waals surface area contributed by atoms with Crippen molar-refractivity contribution in [3.63, 3.8) is 0 Å². The Hall–Kier alpha value is -4.03. The number of fused-ring (bicyclic) bond motifs is 1. The minimum Gasteiger partial charge on any atom is -0.476 e. The predicted octanol–water partition coefficient (Wildman–Crippen LogP) is 3.76. The Kier molecular flexibility index (Phi) is 7.23. The number of hydrogen-bond acceptors (Lipinski definition) is 9. The Labute approximate surface area is 231 Å². The van der Waals surface area contributed by atoms with Crippen LogP contribution in [0.15, 0.2) is 41.5 Å². The van der Waals surface area contributed by atoms with Crippen molar-refractivity contribution < 1.29 is 14.3 Å². The molecule has 3 aromatic heterocycles. The molecule has 4 heterocycles. The van der Waals surface area contributed by atoms with E-state index in [1.54, 1.807) is 26.4 Å². The molecule has 1 aromatic carbocycles. The van der Waals surface area contributed by atoms with Crippen molar-refractivity contribution in [3.05, 3.63) is 74.3 Å². The van der Waals surface area contributed by atoms with Gasteiger partial charge in [-0.05, 0) is 31.2 Å². The Morgan fingerprint density at radius 2 is 1.74 bits per heavy atom. The van der Waals surface area contributed by atoms with Crippen LogP contribution in [0.2, 0.25) is 10.2 Å². The molecule has 0 radical (unpaired) electrons. The van der Waals surface area contributed by atoms with Gasteiger partial charge in [-0.25, -0.2) is 29.1 Å². The van der Waals surface area contributed by atoms with Crippen LogP contribution in [0.5, 0.6) is 0 Å². The Balaban J connectivity index is 1.49. The predicted molar refractivity (Wildman–Crippen MR) is 147 cm³/mol. The van der Waals surface area contributed by atoms with Gasteiger partial charge in [0.1, 0.15) is 11.0 Å². The second-order valence-corrected chi connectivity index (χ2v) is 9.87. The lowest BCUT2D eigenvalue weighted by atomic mass is 10.0. The minimum atomic E-state index is -1.27. The summed E-state index contributed by atoms with van der Waals surface area (Å²) in [4.78, 5) is 46.2. The van der Waals surface area contributed by atoms with E-state index in [9.17, 15) is 19.1 Å². The highest BCUT2D eigenvalue weighted by molar-refractivity contribution is 6.30. The van der Waals surface area contributed by atoms with Gasteiger partial charge in [-0.2, -0.15) is 0 Å². The van der Waals surface area contributed by atoms with Crippen LogP contribution in [0.25, 0.3) is 10.9 Å². The molecule has 11 nitrogen and oxygen atoms in total. The first kappa shape index (κ1) is 26.6. The summed E-state index contributed by atoms with van der Waals surface area (Å²) in [5, 5.41) is 13.2. The molecule has 0 bridgehead atoms. The molecule has 1 saturated heterocycles. The van der Waals surface area contributed by atoms with Crippen LogP contribution >= 0.6 is 23.2 Å². The molecule has 2 N–H and O–H groups in total. The zero-order valence-corrected chi connectivity index (χ0v) is 22.4. The van der Waals surface area contributed by atoms with E-state index >= 15 is 0 Å². The normalized spacial score (nSPS) is 14.5. The highest BCUT2D eigenvalue weighted by Gasteiger charge is 2.25. The van der Waals surface area contributed by atoms with Crippen molar-refractivity contribution >= 4 is 57.7 Å². The fourth-order valence-corrected chi connectivity index (χ4v) is 4.81. The maximum Gasteiger partial charge on any atom is 0.356 e. The summed E-state index contributed by atoms with van der Waals surface area (Å²) in [6, 6.07) is 4.75. The molecule has 0 aliphatic carbocycles. The van der Waals surface area contributed by atoms with Gasteiger partial charge < -0.3 is 20.2 Å². The number of carbonyl (C=O) groups is 1. The maximum atomic E-state index is 14.7. The number of carboxylic acids is 1. The summed E-state index contributed by atoms with van der Waals surface area (Å²) in [7, 11) is 1.60. The number of piperazine rings is 1. The van der Waals surface area contributed by atoms with Crippen molar-refractivity contribution in [1.29, 1.82) is 0 Å². The summed E-state index contributed by atoms with van der Waals surface area (Å²) in [5.74, 6) is -0.881. The van der Waals surface area contributed by atoms with Crippen molar-refractivity contribution in [2.75, 3.05) is 41.3 Å². The zero-order valence-electron chi connectivity index (χ0n) is 20.9. The largest absolute Gasteiger partial charge is 0.476 e. The highest BCUT2D eigenvalue weighted by atomic mass is 35.5. The standard InChI is InChI=1S/C25H23Cl2FN8O3/c1-13(31-18-3-4-19(27)32-21(18)23(38)39)16-9-15(28)10-17-20(16)33-25(34(2)22(17)37)36-7-5-35(6-8-36)24-29-11-14(26)12-30-24/h3-4,9-13,31H,5-8H2,1-2H3,(H,38,39)/t13-/m1/s1. The number of carboxylic acid groups (broad SMARTS) is 1. The van der Waals surface area contributed by atoms with Crippen LogP contribution in [0.4, 0.5) is 22.0 Å². The summed E-state index contributed by atoms with van der Waals surface area (Å²) in [6.45, 7) is 3.98. The number of nitrogens with zero attached hydrogens (tertiary/aromatic N) is 7. The van der Waals surface area contributed by atoms with E-state index in [0.29, 0.717) is 54.2 Å². The molecule has 1 aliphatic heterocycles. The molecular formula is C25H23Cl2FN8O3. The molecule has 202 valence electrons. The first-order chi connectivity index (χ1) is 18.6. The van der Waals surface area contributed by atoms with Crippen LogP contribution in [0.1, 0.15) is 29.0 Å². The fraction of sp³-hybridized carbons (Fsp3) is 0.280. The summed E-state index contributed by atoms with van der Waals surface area (Å²) in [5.41, 5.74) is 0.231. The highest BCUT2D eigenvalue weighted by Crippen LogP contribution is 2.29. The van der Waals surface area contributed by atoms with Crippen LogP contribution in [0, 0.1) is 5.82 Å². The van der Waals surface area contributed by atoms with Crippen molar-refractivity contribution in [1.82, 2.24) is 24.5 Å². The maximum absolute atomic E-state index is 14.7. The minimum absolute atomic E-state index is 0.0272. The first-order valence-electron chi connectivity index (χ1n) is 12.0. The van der Waals surface area contributed by atoms with Crippen LogP contribution < -0.4 is 20.7 Å². The number of pyridine rings is 1. The van der Waals surface area contributed by atoms with Gasteiger partial charge in [-0.1, -0.05) is 23.2 Å². The molecule has 0 saturated carbocycles. The Bertz CT molecular complexity index is 1620. The molecule has 14 heteroatoms. The quantitative estimate of drug-likeness (QED) is 0.329. The number of hydrogen-bond donors (Lipinski definition) is 2. The number of aromatic nitrogens is 5. The van der Waals surface area contributed by atoms with E-state index in [1.807, 2.05) is 9.80 Å². The van der Waals surface area contributed by atoms with Gasteiger partial charge >= 0.3 is 5.97 Å². The van der Waals surface area contributed by atoms with Crippen LogP contribution in [-0.2, 0) is 7.05 Å². The van der Waals surface area contributed by atoms with Gasteiger partial charge in [0, 0.05) is 38.8 Å². The van der Waals surface area contributed by atoms with E-state index in [-0.39, 0.29) is 21.9 Å². The average Bonchev–Trinajstić information content (AvgIpc) is 2.92. The number of aromatic carboxylic acids is 1. The fourth-order valence-electron chi connectivity index (χ4n) is 4.57. The topological polar surface area (TPSA) is 129 Å². The smallest absolute Gasteiger partial charge is 0.356 e. The van der Waals surface area contributed by atoms with Gasteiger partial charge in [0.25, 0.3) is 5.56 Å². The second kappa shape index (κ2) is 10.6. The molecule has 39 heavy (non-hydrogen) atoms. The van der Waals surface area contributed by atoms with E-state index in [2.05, 4.69) is 20.3 Å². The van der Waals surface area contributed by atoms with Gasteiger partial charge in [0.2, 0.25) is 11.9 Å². The van der Waals surface area contributed by atoms with Gasteiger partial charge in [-0.15, -0.1) is 0 Å². The molecule has 1 aliphatic rings. The molecule has 0 amide bonds. The molecule has 5 rings (SSSR count). The molecule has 0 spiro atoms. The third-order valence-corrected chi connectivity index (χ3v) is 6.91. The third-order valence-electron chi connectivity index (χ3n) is 6.51. The third kappa shape index (κ3) is 5.30. The summed E-state index contributed by atoms with van der Waals surface area (Å²) >= 11 is 11.8. The molecule has 1 fully saturated rings. The lowest BCUT2D eigenvalue weighted by molar-refractivity contribution is 0.0691. The second-order valence-electron chi connectivity index (χ2n) is 9.04. The van der Waals surface area contributed by atoms with Crippen molar-refractivity contribution in [2.45, 2.75) is 13.0 Å². The number of halogens is 3. The Morgan fingerprint density at radius 1 is 1.08 bits per heavy atom. The van der Waals surface area contributed by atoms with E-state index in [1.165, 1.54) is 22.8 Å². The summed E-state index contributed by atoms with van der Waals surface area (Å²) < 4.78 is 16.1. The first-order valence-corrected chi connectivity index (χ1v) is 12.7. The molecule has 0 unspecified atom stereocenters. The summed E-state index contributed by atoms with van der Waals surface area (Å²) in [6.07, 6.45) is 3.08. The monoisotopic (exact) mass is 572 g/mol. The number of rotatable bonds is 6. The van der Waals surface area contributed by atoms with Crippen LogP contribution in [0.3, 0.4) is 0 Å². The lowest BCUT2D eigenvalue weighted by Gasteiger charge is -2.36. The van der Waals surface area contributed by atoms with E-state index < -0.39 is 23.4 Å². The molecule has 4 aromatic rings. The SMILES string of the molecule is C[C@@H](Nc1ccc(Cl)nc1C(=O)O)c1cc(F)cc2c(=O)n(C)c(N3CCN(c4ncc(Cl)cn4)CC3)nc12. The van der Waals surface area contributed by atoms with E-state index in [4.69, 9.17) is 28.2 Å². The number of benzene rings is 1. The average molecular weight is 573 g/mol. The number of anilines is 3. The van der Waals surface area contributed by atoms with Gasteiger partial charge in [0.15, 0.2) is 5.69 Å². The van der Waals surface area contributed by atoms with Crippen molar-refractivity contribution in [2.24, 2.45) is 7.05 Å². The van der Waals surface area contributed by atoms with Crippen molar-refractivity contribution in [3.8, 4) is 0 Å². The van der Waals surface area contributed by atoms with E-state index in [0.717, 1.165) is 6.07 Å². The zero-order chi connectivity index (χ0) is 27.8. The van der Waals surface area contributed by atoms with Crippen LogP contribution in [-0.4, -0.2) is 61.8 Å². The molecular weight excluding hydrogens is 550 g/mol. The van der Waals surface area contributed by atoms with Gasteiger partial charge in [0.05, 0.1) is 40.0 Å². The Morgan fingerprint density at radius 3 is 2.41 bits per heavy atom. The molecule has 1 atom stereocenters. The van der Waals surface area contributed by atoms with Gasteiger partial charge in [-0.3, -0.25) is 9.36 Å². The number of nitrogens with one attached hydrogen (secondary N) is 1.